The molecule has 1 aromatic carbocycles. The van der Waals surface area contributed by atoms with Crippen molar-refractivity contribution in [1.29, 1.82) is 0 Å². The molecule has 1 saturated heterocycles. The van der Waals surface area contributed by atoms with Crippen LogP contribution in [0.5, 0.6) is 11.5 Å². The van der Waals surface area contributed by atoms with Crippen LogP contribution in [0.2, 0.25) is 0 Å². The van der Waals surface area contributed by atoms with Crippen LogP contribution < -0.4 is 14.8 Å². The topological polar surface area (TPSA) is 54.0 Å². The fourth-order valence-corrected chi connectivity index (χ4v) is 3.28. The van der Waals surface area contributed by atoms with Gasteiger partial charge < -0.3 is 24.6 Å². The van der Waals surface area contributed by atoms with Crippen molar-refractivity contribution in [3.8, 4) is 11.5 Å². The number of hydrogen-bond acceptors (Lipinski definition) is 5. The molecule has 1 atom stereocenters. The first-order valence-electron chi connectivity index (χ1n) is 8.60. The van der Waals surface area contributed by atoms with Crippen LogP contribution in [0.25, 0.3) is 0 Å². The molecule has 1 aromatic rings. The molecule has 2 heterocycles. The highest BCUT2D eigenvalue weighted by atomic mass is 16.5. The summed E-state index contributed by atoms with van der Waals surface area (Å²) in [7, 11) is 3.77. The molecular formula is C18H27N3O3. The van der Waals surface area contributed by atoms with Crippen LogP contribution in [-0.4, -0.2) is 68.7 Å². The summed E-state index contributed by atoms with van der Waals surface area (Å²) in [5, 5.41) is 3.25. The van der Waals surface area contributed by atoms with Crippen molar-refractivity contribution >= 4 is 5.91 Å². The summed E-state index contributed by atoms with van der Waals surface area (Å²) in [6.07, 6.45) is 1.13. The molecule has 0 aromatic heterocycles. The van der Waals surface area contributed by atoms with Gasteiger partial charge in [-0.15, -0.1) is 0 Å². The number of likely N-dealkylation sites (N-methyl/N-ethyl adjacent to an activating group) is 1. The molecule has 1 fully saturated rings. The Balaban J connectivity index is 1.55. The molecule has 3 rings (SSSR count). The van der Waals surface area contributed by atoms with E-state index >= 15 is 0 Å². The Morgan fingerprint density at radius 2 is 2.08 bits per heavy atom. The molecule has 6 heteroatoms. The lowest BCUT2D eigenvalue weighted by Gasteiger charge is -2.32. The summed E-state index contributed by atoms with van der Waals surface area (Å²) in [6.45, 7) is 6.52. The van der Waals surface area contributed by atoms with Gasteiger partial charge in [0.15, 0.2) is 0 Å². The fourth-order valence-electron chi connectivity index (χ4n) is 3.28. The maximum Gasteiger partial charge on any atom is 0.236 e. The van der Waals surface area contributed by atoms with Crippen molar-refractivity contribution in [3.05, 3.63) is 23.3 Å². The van der Waals surface area contributed by atoms with E-state index in [1.165, 1.54) is 5.56 Å². The van der Waals surface area contributed by atoms with Gasteiger partial charge in [-0.1, -0.05) is 0 Å². The summed E-state index contributed by atoms with van der Waals surface area (Å²) in [6, 6.07) is 4.09. The zero-order valence-electron chi connectivity index (χ0n) is 14.8. The van der Waals surface area contributed by atoms with Gasteiger partial charge in [0.1, 0.15) is 17.6 Å². The predicted molar refractivity (Wildman–Crippen MR) is 92.6 cm³/mol. The number of methoxy groups -OCH3 is 1. The predicted octanol–water partition coefficient (Wildman–Crippen LogP) is 0.882. The van der Waals surface area contributed by atoms with E-state index in [9.17, 15) is 4.79 Å². The maximum atomic E-state index is 12.3. The number of hydrogen-bond donors (Lipinski definition) is 1. The Hall–Kier alpha value is -1.79. The van der Waals surface area contributed by atoms with E-state index in [1.807, 2.05) is 11.0 Å². The minimum absolute atomic E-state index is 0.160. The molecule has 0 saturated carbocycles. The molecule has 1 amide bonds. The maximum absolute atomic E-state index is 12.3. The first-order valence-corrected chi connectivity index (χ1v) is 8.60. The van der Waals surface area contributed by atoms with Gasteiger partial charge in [-0.3, -0.25) is 4.79 Å². The molecule has 6 nitrogen and oxygen atoms in total. The van der Waals surface area contributed by atoms with Crippen LogP contribution in [-0.2, 0) is 17.8 Å². The average molecular weight is 333 g/mol. The van der Waals surface area contributed by atoms with E-state index in [0.717, 1.165) is 49.7 Å². The van der Waals surface area contributed by atoms with E-state index in [4.69, 9.17) is 9.47 Å². The lowest BCUT2D eigenvalue weighted by Crippen LogP contribution is -2.49. The number of fused-ring (bicyclic) bond motifs is 1. The van der Waals surface area contributed by atoms with Crippen LogP contribution in [0.4, 0.5) is 0 Å². The first-order chi connectivity index (χ1) is 11.6. The highest BCUT2D eigenvalue weighted by Gasteiger charge is 2.22. The Morgan fingerprint density at radius 1 is 1.33 bits per heavy atom. The van der Waals surface area contributed by atoms with Crippen molar-refractivity contribution in [2.75, 3.05) is 46.9 Å². The Morgan fingerprint density at radius 3 is 2.79 bits per heavy atom. The third-order valence-corrected chi connectivity index (χ3v) is 4.75. The van der Waals surface area contributed by atoms with E-state index < -0.39 is 0 Å². The second-order valence-electron chi connectivity index (χ2n) is 6.69. The molecule has 1 N–H and O–H groups in total. The smallest absolute Gasteiger partial charge is 0.236 e. The van der Waals surface area contributed by atoms with Gasteiger partial charge in [0.2, 0.25) is 5.91 Å². The number of ether oxygens (including phenoxy) is 2. The van der Waals surface area contributed by atoms with Gasteiger partial charge >= 0.3 is 0 Å². The second-order valence-corrected chi connectivity index (χ2v) is 6.69. The molecule has 24 heavy (non-hydrogen) atoms. The third-order valence-electron chi connectivity index (χ3n) is 4.75. The van der Waals surface area contributed by atoms with Gasteiger partial charge in [-0.05, 0) is 26.1 Å². The summed E-state index contributed by atoms with van der Waals surface area (Å²) >= 11 is 0. The van der Waals surface area contributed by atoms with Crippen LogP contribution in [0, 0.1) is 0 Å². The minimum atomic E-state index is 0.160. The van der Waals surface area contributed by atoms with Crippen LogP contribution in [0.1, 0.15) is 18.1 Å². The number of benzene rings is 1. The van der Waals surface area contributed by atoms with Gasteiger partial charge in [0.05, 0.1) is 13.7 Å². The second kappa shape index (κ2) is 7.40. The number of amides is 1. The Bertz CT molecular complexity index is 597. The summed E-state index contributed by atoms with van der Waals surface area (Å²) in [5.41, 5.74) is 2.22. The SMILES string of the molecule is COc1cc2c(cc1CNCC(=O)N1CCN(C)CC1)OC(C)C2. The van der Waals surface area contributed by atoms with Crippen molar-refractivity contribution in [1.82, 2.24) is 15.1 Å². The molecular weight excluding hydrogens is 306 g/mol. The molecule has 0 radical (unpaired) electrons. The minimum Gasteiger partial charge on any atom is -0.496 e. The molecule has 132 valence electrons. The number of piperazine rings is 1. The van der Waals surface area contributed by atoms with Crippen molar-refractivity contribution < 1.29 is 14.3 Å². The van der Waals surface area contributed by atoms with E-state index in [0.29, 0.717) is 13.1 Å². The van der Waals surface area contributed by atoms with Gasteiger partial charge in [0, 0.05) is 50.3 Å². The monoisotopic (exact) mass is 333 g/mol. The van der Waals surface area contributed by atoms with Crippen molar-refractivity contribution in [2.24, 2.45) is 0 Å². The molecule has 0 bridgehead atoms. The number of carbonyl (C=O) groups excluding carboxylic acids is 1. The van der Waals surface area contributed by atoms with E-state index in [2.05, 4.69) is 30.3 Å². The lowest BCUT2D eigenvalue weighted by atomic mass is 10.1. The standard InChI is InChI=1S/C18H27N3O3/c1-13-8-14-9-16(23-3)15(10-17(14)24-13)11-19-12-18(22)21-6-4-20(2)5-7-21/h9-10,13,19H,4-8,11-12H2,1-3H3. The zero-order chi connectivity index (χ0) is 17.1. The van der Waals surface area contributed by atoms with E-state index in [1.54, 1.807) is 7.11 Å². The number of nitrogens with zero attached hydrogens (tertiary/aromatic N) is 2. The molecule has 0 spiro atoms. The highest BCUT2D eigenvalue weighted by molar-refractivity contribution is 5.78. The number of carbonyl (C=O) groups is 1. The largest absolute Gasteiger partial charge is 0.496 e. The Kier molecular flexibility index (Phi) is 5.26. The lowest BCUT2D eigenvalue weighted by molar-refractivity contribution is -0.131. The summed E-state index contributed by atoms with van der Waals surface area (Å²) in [5.74, 6) is 1.95. The average Bonchev–Trinajstić information content (AvgIpc) is 2.93. The first kappa shape index (κ1) is 17.0. The molecule has 0 aliphatic carbocycles. The third kappa shape index (κ3) is 3.82. The molecule has 2 aliphatic heterocycles. The van der Waals surface area contributed by atoms with Gasteiger partial charge in [0.25, 0.3) is 0 Å². The van der Waals surface area contributed by atoms with Crippen molar-refractivity contribution in [3.63, 3.8) is 0 Å². The quantitative estimate of drug-likeness (QED) is 0.867. The van der Waals surface area contributed by atoms with E-state index in [-0.39, 0.29) is 12.0 Å². The molecule has 2 aliphatic rings. The Labute approximate surface area is 143 Å². The van der Waals surface area contributed by atoms with Crippen LogP contribution in [0.15, 0.2) is 12.1 Å². The normalized spacial score (nSPS) is 20.6. The zero-order valence-corrected chi connectivity index (χ0v) is 14.8. The van der Waals surface area contributed by atoms with Gasteiger partial charge in [-0.25, -0.2) is 0 Å². The summed E-state index contributed by atoms with van der Waals surface area (Å²) < 4.78 is 11.3. The number of nitrogens with one attached hydrogen (secondary N) is 1. The van der Waals surface area contributed by atoms with Crippen LogP contribution in [0.3, 0.4) is 0 Å². The van der Waals surface area contributed by atoms with Gasteiger partial charge in [-0.2, -0.15) is 0 Å². The summed E-state index contributed by atoms with van der Waals surface area (Å²) in [4.78, 5) is 16.4. The molecule has 1 unspecified atom stereocenters. The van der Waals surface area contributed by atoms with Crippen molar-refractivity contribution in [2.45, 2.75) is 26.0 Å². The number of rotatable bonds is 5. The fraction of sp³-hybridized carbons (Fsp3) is 0.611. The highest BCUT2D eigenvalue weighted by Crippen LogP contribution is 2.34. The van der Waals surface area contributed by atoms with Crippen LogP contribution >= 0.6 is 0 Å².